The van der Waals surface area contributed by atoms with Crippen LogP contribution in [0.25, 0.3) is 0 Å². The normalized spacial score (nSPS) is 18.9. The summed E-state index contributed by atoms with van der Waals surface area (Å²) >= 11 is 0. The number of likely N-dealkylation sites (tertiary alicyclic amines) is 1. The van der Waals surface area contributed by atoms with Crippen molar-refractivity contribution in [3.8, 4) is 5.75 Å². The molecule has 17 heavy (non-hydrogen) atoms. The van der Waals surface area contributed by atoms with Gasteiger partial charge in [0.15, 0.2) is 6.23 Å². The van der Waals surface area contributed by atoms with Gasteiger partial charge in [0.05, 0.1) is 0 Å². The van der Waals surface area contributed by atoms with Crippen LogP contribution in [0.5, 0.6) is 5.75 Å². The summed E-state index contributed by atoms with van der Waals surface area (Å²) < 4.78 is 6.09. The highest BCUT2D eigenvalue weighted by Crippen LogP contribution is 2.19. The third-order valence-corrected chi connectivity index (χ3v) is 3.28. The van der Waals surface area contributed by atoms with Gasteiger partial charge in [-0.2, -0.15) is 0 Å². The van der Waals surface area contributed by atoms with Crippen LogP contribution in [-0.4, -0.2) is 24.2 Å². The van der Waals surface area contributed by atoms with Gasteiger partial charge in [0.25, 0.3) is 0 Å². The zero-order chi connectivity index (χ0) is 11.9. The molecule has 0 spiro atoms. The van der Waals surface area contributed by atoms with E-state index in [1.54, 1.807) is 0 Å². The second-order valence-electron chi connectivity index (χ2n) is 4.70. The maximum absolute atomic E-state index is 6.09. The first-order valence-electron chi connectivity index (χ1n) is 6.77. The molecule has 1 aliphatic rings. The SMILES string of the molecule is CCCC(Oc1c[c]ccc1)N1CCCCC1. The van der Waals surface area contributed by atoms with Crippen molar-refractivity contribution >= 4 is 0 Å². The minimum Gasteiger partial charge on any atom is -0.475 e. The van der Waals surface area contributed by atoms with Gasteiger partial charge in [-0.25, -0.2) is 0 Å². The summed E-state index contributed by atoms with van der Waals surface area (Å²) in [5.74, 6) is 0.941. The topological polar surface area (TPSA) is 12.5 Å². The van der Waals surface area contributed by atoms with Crippen molar-refractivity contribution < 1.29 is 4.74 Å². The summed E-state index contributed by atoms with van der Waals surface area (Å²) in [6.07, 6.45) is 6.51. The molecule has 1 radical (unpaired) electrons. The molecule has 2 nitrogen and oxygen atoms in total. The predicted octanol–water partition coefficient (Wildman–Crippen LogP) is 3.48. The number of ether oxygens (including phenoxy) is 1. The van der Waals surface area contributed by atoms with E-state index in [2.05, 4.69) is 17.9 Å². The Morgan fingerprint density at radius 3 is 2.82 bits per heavy atom. The Balaban J connectivity index is 1.96. The van der Waals surface area contributed by atoms with Gasteiger partial charge in [-0.3, -0.25) is 4.90 Å². The van der Waals surface area contributed by atoms with Crippen molar-refractivity contribution in [2.24, 2.45) is 0 Å². The molecule has 2 heteroatoms. The van der Waals surface area contributed by atoms with Gasteiger partial charge >= 0.3 is 0 Å². The molecule has 93 valence electrons. The lowest BCUT2D eigenvalue weighted by molar-refractivity contribution is 0.00598. The largest absolute Gasteiger partial charge is 0.475 e. The first kappa shape index (κ1) is 12.4. The zero-order valence-corrected chi connectivity index (χ0v) is 10.7. The zero-order valence-electron chi connectivity index (χ0n) is 10.7. The maximum Gasteiger partial charge on any atom is 0.152 e. The molecule has 2 rings (SSSR count). The molecule has 1 heterocycles. The number of hydrogen-bond donors (Lipinski definition) is 0. The molecule has 1 aromatic carbocycles. The number of hydrogen-bond acceptors (Lipinski definition) is 2. The number of benzene rings is 1. The molecule has 0 aliphatic carbocycles. The van der Waals surface area contributed by atoms with Crippen molar-refractivity contribution in [1.82, 2.24) is 4.90 Å². The van der Waals surface area contributed by atoms with E-state index < -0.39 is 0 Å². The van der Waals surface area contributed by atoms with Crippen LogP contribution in [0.2, 0.25) is 0 Å². The van der Waals surface area contributed by atoms with E-state index in [0.717, 1.165) is 18.6 Å². The average Bonchev–Trinajstić information content (AvgIpc) is 2.40. The van der Waals surface area contributed by atoms with E-state index in [1.165, 1.54) is 32.4 Å². The lowest BCUT2D eigenvalue weighted by Crippen LogP contribution is -2.42. The quantitative estimate of drug-likeness (QED) is 0.770. The Morgan fingerprint density at radius 2 is 2.18 bits per heavy atom. The van der Waals surface area contributed by atoms with E-state index in [1.807, 2.05) is 24.3 Å². The van der Waals surface area contributed by atoms with Crippen molar-refractivity contribution in [1.29, 1.82) is 0 Å². The molecule has 1 aromatic rings. The molecule has 0 aromatic heterocycles. The fraction of sp³-hybridized carbons (Fsp3) is 0.600. The molecular formula is C15H22NO. The van der Waals surface area contributed by atoms with E-state index in [4.69, 9.17) is 4.74 Å². The predicted molar refractivity (Wildman–Crippen MR) is 70.0 cm³/mol. The lowest BCUT2D eigenvalue weighted by Gasteiger charge is -2.34. The first-order valence-corrected chi connectivity index (χ1v) is 6.77. The fourth-order valence-corrected chi connectivity index (χ4v) is 2.38. The molecule has 0 N–H and O–H groups in total. The van der Waals surface area contributed by atoms with Crippen LogP contribution >= 0.6 is 0 Å². The van der Waals surface area contributed by atoms with E-state index in [0.29, 0.717) is 0 Å². The summed E-state index contributed by atoms with van der Waals surface area (Å²) in [4.78, 5) is 2.49. The van der Waals surface area contributed by atoms with Gasteiger partial charge in [-0.15, -0.1) is 0 Å². The molecule has 0 amide bonds. The van der Waals surface area contributed by atoms with Gasteiger partial charge in [0, 0.05) is 13.1 Å². The monoisotopic (exact) mass is 232 g/mol. The fourth-order valence-electron chi connectivity index (χ4n) is 2.38. The Hall–Kier alpha value is -1.02. The van der Waals surface area contributed by atoms with Crippen molar-refractivity contribution in [2.45, 2.75) is 45.3 Å². The second-order valence-corrected chi connectivity index (χ2v) is 4.70. The van der Waals surface area contributed by atoms with Crippen LogP contribution in [0.3, 0.4) is 0 Å². The lowest BCUT2D eigenvalue weighted by atomic mass is 10.1. The molecule has 1 atom stereocenters. The van der Waals surface area contributed by atoms with Crippen LogP contribution in [0.1, 0.15) is 39.0 Å². The Kier molecular flexibility index (Phi) is 4.87. The highest BCUT2D eigenvalue weighted by atomic mass is 16.5. The van der Waals surface area contributed by atoms with Crippen LogP contribution in [0.15, 0.2) is 24.3 Å². The third kappa shape index (κ3) is 3.74. The van der Waals surface area contributed by atoms with Gasteiger partial charge in [0.2, 0.25) is 0 Å². The highest BCUT2D eigenvalue weighted by Gasteiger charge is 2.21. The summed E-state index contributed by atoms with van der Waals surface area (Å²) in [5, 5.41) is 0. The minimum absolute atomic E-state index is 0.246. The Morgan fingerprint density at radius 1 is 1.35 bits per heavy atom. The molecule has 0 bridgehead atoms. The van der Waals surface area contributed by atoms with Crippen LogP contribution < -0.4 is 4.74 Å². The van der Waals surface area contributed by atoms with E-state index >= 15 is 0 Å². The Labute approximate surface area is 105 Å². The number of rotatable bonds is 5. The van der Waals surface area contributed by atoms with Crippen molar-refractivity contribution in [3.63, 3.8) is 0 Å². The number of nitrogens with zero attached hydrogens (tertiary/aromatic N) is 1. The summed E-state index contributed by atoms with van der Waals surface area (Å²) in [5.41, 5.74) is 0. The standard InChI is InChI=1S/C15H22NO/c1-2-9-15(16-12-7-4-8-13-16)17-14-10-5-3-6-11-14/h3,5,10-11,15H,2,4,7-9,12-13H2,1H3. The molecule has 1 saturated heterocycles. The van der Waals surface area contributed by atoms with Crippen LogP contribution in [-0.2, 0) is 0 Å². The van der Waals surface area contributed by atoms with Gasteiger partial charge in [0.1, 0.15) is 5.75 Å². The summed E-state index contributed by atoms with van der Waals surface area (Å²) in [6, 6.07) is 10.9. The maximum atomic E-state index is 6.09. The molecule has 1 aliphatic heterocycles. The first-order chi connectivity index (χ1) is 8.40. The van der Waals surface area contributed by atoms with Gasteiger partial charge in [-0.05, 0) is 37.5 Å². The number of piperidine rings is 1. The second kappa shape index (κ2) is 6.65. The molecule has 1 unspecified atom stereocenters. The van der Waals surface area contributed by atoms with E-state index in [9.17, 15) is 0 Å². The Bertz CT molecular complexity index is 306. The van der Waals surface area contributed by atoms with E-state index in [-0.39, 0.29) is 6.23 Å². The summed E-state index contributed by atoms with van der Waals surface area (Å²) in [7, 11) is 0. The van der Waals surface area contributed by atoms with Gasteiger partial charge in [-0.1, -0.05) is 31.9 Å². The average molecular weight is 232 g/mol. The van der Waals surface area contributed by atoms with Crippen LogP contribution in [0.4, 0.5) is 0 Å². The summed E-state index contributed by atoms with van der Waals surface area (Å²) in [6.45, 7) is 4.58. The smallest absolute Gasteiger partial charge is 0.152 e. The third-order valence-electron chi connectivity index (χ3n) is 3.28. The molecule has 0 saturated carbocycles. The highest BCUT2D eigenvalue weighted by molar-refractivity contribution is 5.20. The minimum atomic E-state index is 0.246. The van der Waals surface area contributed by atoms with Crippen LogP contribution in [0, 0.1) is 6.07 Å². The molecular weight excluding hydrogens is 210 g/mol. The van der Waals surface area contributed by atoms with Crippen molar-refractivity contribution in [2.75, 3.05) is 13.1 Å². The van der Waals surface area contributed by atoms with Gasteiger partial charge < -0.3 is 4.74 Å². The molecule has 1 fully saturated rings. The van der Waals surface area contributed by atoms with Crippen molar-refractivity contribution in [3.05, 3.63) is 30.3 Å².